The molecule has 0 unspecified atom stereocenters. The summed E-state index contributed by atoms with van der Waals surface area (Å²) < 4.78 is 5.11. The van der Waals surface area contributed by atoms with E-state index in [4.69, 9.17) is 4.74 Å². The number of rotatable bonds is 6. The number of fused-ring (bicyclic) bond motifs is 1. The van der Waals surface area contributed by atoms with Crippen LogP contribution in [-0.4, -0.2) is 35.1 Å². The van der Waals surface area contributed by atoms with Gasteiger partial charge in [0.25, 0.3) is 5.69 Å². The molecule has 9 heteroatoms. The molecule has 162 valence electrons. The van der Waals surface area contributed by atoms with Gasteiger partial charge in [0, 0.05) is 17.7 Å². The van der Waals surface area contributed by atoms with E-state index in [-0.39, 0.29) is 16.9 Å². The highest BCUT2D eigenvalue weighted by molar-refractivity contribution is 6.24. The maximum absolute atomic E-state index is 13.0. The topological polar surface area (TPSA) is 124 Å². The Bertz CT molecular complexity index is 1130. The molecule has 0 bridgehead atoms. The van der Waals surface area contributed by atoms with Crippen LogP contribution in [0.15, 0.2) is 60.7 Å². The van der Waals surface area contributed by atoms with Crippen molar-refractivity contribution in [2.45, 2.75) is 12.8 Å². The number of hydrogen-bond donors (Lipinski definition) is 0. The molecule has 0 aromatic heterocycles. The minimum atomic E-state index is -0.965. The lowest BCUT2D eigenvalue weighted by Crippen LogP contribution is -2.32. The number of ketones is 1. The Balaban J connectivity index is 1.63. The molecule has 1 saturated heterocycles. The number of amides is 2. The molecule has 1 aliphatic carbocycles. The summed E-state index contributed by atoms with van der Waals surface area (Å²) in [6.45, 7) is -0.559. The van der Waals surface area contributed by atoms with Gasteiger partial charge in [-0.3, -0.25) is 24.5 Å². The Kier molecular flexibility index (Phi) is 5.63. The molecule has 2 aliphatic rings. The van der Waals surface area contributed by atoms with Crippen molar-refractivity contribution in [3.8, 4) is 0 Å². The zero-order valence-electron chi connectivity index (χ0n) is 16.8. The van der Waals surface area contributed by atoms with Crippen LogP contribution in [0.2, 0.25) is 0 Å². The molecule has 2 amide bonds. The molecule has 32 heavy (non-hydrogen) atoms. The first-order chi connectivity index (χ1) is 15.4. The van der Waals surface area contributed by atoms with Crippen molar-refractivity contribution in [2.75, 3.05) is 11.5 Å². The maximum Gasteiger partial charge on any atom is 0.340 e. The van der Waals surface area contributed by atoms with Gasteiger partial charge in [0.2, 0.25) is 11.8 Å². The molecule has 2 atom stereocenters. The zero-order valence-corrected chi connectivity index (χ0v) is 16.8. The molecule has 0 spiro atoms. The number of imide groups is 1. The first-order valence-electron chi connectivity index (χ1n) is 9.95. The van der Waals surface area contributed by atoms with Gasteiger partial charge < -0.3 is 4.74 Å². The highest BCUT2D eigenvalue weighted by Crippen LogP contribution is 2.39. The quantitative estimate of drug-likeness (QED) is 0.171. The van der Waals surface area contributed by atoms with Crippen LogP contribution in [0.5, 0.6) is 0 Å². The Morgan fingerprint density at radius 2 is 1.62 bits per heavy atom. The Morgan fingerprint density at radius 3 is 2.22 bits per heavy atom. The lowest BCUT2D eigenvalue weighted by atomic mass is 9.85. The molecule has 1 aliphatic heterocycles. The predicted octanol–water partition coefficient (Wildman–Crippen LogP) is 3.09. The molecule has 0 saturated carbocycles. The maximum atomic E-state index is 13.0. The molecule has 1 fully saturated rings. The SMILES string of the molecule is O=C(COC(=O)c1ccc([N+](=O)[O-])cc1N1C(=O)[C@@H]2CC=CC[C@H]2C1=O)c1ccccc1. The third-order valence-corrected chi connectivity index (χ3v) is 5.59. The van der Waals surface area contributed by atoms with Gasteiger partial charge in [0.1, 0.15) is 0 Å². The van der Waals surface area contributed by atoms with Crippen molar-refractivity contribution in [2.24, 2.45) is 11.8 Å². The number of ether oxygens (including phenoxy) is 1. The van der Waals surface area contributed by atoms with Crippen molar-refractivity contribution < 1.29 is 28.8 Å². The number of carbonyl (C=O) groups is 4. The van der Waals surface area contributed by atoms with Crippen LogP contribution in [0.25, 0.3) is 0 Å². The van der Waals surface area contributed by atoms with E-state index in [1.807, 2.05) is 12.2 Å². The molecule has 2 aromatic carbocycles. The Hall–Kier alpha value is -4.14. The van der Waals surface area contributed by atoms with Crippen LogP contribution in [0.1, 0.15) is 33.6 Å². The molecule has 1 heterocycles. The Morgan fingerprint density at radius 1 is 1.00 bits per heavy atom. The summed E-state index contributed by atoms with van der Waals surface area (Å²) in [5.41, 5.74) is -0.443. The van der Waals surface area contributed by atoms with E-state index in [0.29, 0.717) is 18.4 Å². The minimum Gasteiger partial charge on any atom is -0.454 e. The summed E-state index contributed by atoms with van der Waals surface area (Å²) in [4.78, 5) is 62.4. The lowest BCUT2D eigenvalue weighted by Gasteiger charge is -2.18. The van der Waals surface area contributed by atoms with Gasteiger partial charge in [-0.25, -0.2) is 9.69 Å². The number of nitro groups is 1. The molecule has 9 nitrogen and oxygen atoms in total. The number of anilines is 1. The fraction of sp³-hybridized carbons (Fsp3) is 0.217. The van der Waals surface area contributed by atoms with Crippen LogP contribution in [0.4, 0.5) is 11.4 Å². The zero-order chi connectivity index (χ0) is 22.8. The summed E-state index contributed by atoms with van der Waals surface area (Å²) in [5.74, 6) is -3.58. The smallest absolute Gasteiger partial charge is 0.340 e. The minimum absolute atomic E-state index is 0.204. The first kappa shape index (κ1) is 21.1. The van der Waals surface area contributed by atoms with Gasteiger partial charge in [-0.15, -0.1) is 0 Å². The summed E-state index contributed by atoms with van der Waals surface area (Å²) >= 11 is 0. The van der Waals surface area contributed by atoms with Crippen molar-refractivity contribution in [1.82, 2.24) is 0 Å². The number of benzene rings is 2. The second-order valence-electron chi connectivity index (χ2n) is 7.49. The van der Waals surface area contributed by atoms with E-state index in [0.717, 1.165) is 23.1 Å². The fourth-order valence-electron chi connectivity index (χ4n) is 3.95. The van der Waals surface area contributed by atoms with E-state index < -0.39 is 46.9 Å². The molecule has 0 N–H and O–H groups in total. The average molecular weight is 434 g/mol. The van der Waals surface area contributed by atoms with Gasteiger partial charge in [-0.2, -0.15) is 0 Å². The molecule has 4 rings (SSSR count). The highest BCUT2D eigenvalue weighted by atomic mass is 16.6. The summed E-state index contributed by atoms with van der Waals surface area (Å²) in [7, 11) is 0. The lowest BCUT2D eigenvalue weighted by molar-refractivity contribution is -0.384. The predicted molar refractivity (Wildman–Crippen MR) is 112 cm³/mol. The standard InChI is InChI=1S/C23H18N2O7/c26-20(14-6-2-1-3-7-14)13-32-23(29)18-11-10-15(25(30)31)12-19(18)24-21(27)16-8-4-5-9-17(16)22(24)28/h1-7,10-12,16-17H,8-9,13H2/t16-,17-/m1/s1. The third kappa shape index (κ3) is 3.80. The normalized spacial score (nSPS) is 19.6. The van der Waals surface area contributed by atoms with Crippen molar-refractivity contribution >= 4 is 34.9 Å². The highest BCUT2D eigenvalue weighted by Gasteiger charge is 2.49. The Labute approximate surface area is 182 Å². The van der Waals surface area contributed by atoms with E-state index in [9.17, 15) is 29.3 Å². The number of hydrogen-bond acceptors (Lipinski definition) is 7. The van der Waals surface area contributed by atoms with Crippen molar-refractivity contribution in [3.63, 3.8) is 0 Å². The number of nitrogens with zero attached hydrogens (tertiary/aromatic N) is 2. The number of carbonyl (C=O) groups excluding carboxylic acids is 4. The van der Waals surface area contributed by atoms with Crippen LogP contribution in [-0.2, 0) is 14.3 Å². The molecule has 0 radical (unpaired) electrons. The third-order valence-electron chi connectivity index (χ3n) is 5.59. The van der Waals surface area contributed by atoms with E-state index in [2.05, 4.69) is 0 Å². The summed E-state index contributed by atoms with van der Waals surface area (Å²) in [6, 6.07) is 11.4. The van der Waals surface area contributed by atoms with Gasteiger partial charge in [0.05, 0.1) is 28.0 Å². The van der Waals surface area contributed by atoms with Crippen LogP contribution in [0.3, 0.4) is 0 Å². The number of allylic oxidation sites excluding steroid dienone is 2. The van der Waals surface area contributed by atoms with Gasteiger partial charge in [-0.05, 0) is 18.9 Å². The summed E-state index contributed by atoms with van der Waals surface area (Å²) in [5, 5.41) is 11.3. The average Bonchev–Trinajstić information content (AvgIpc) is 3.07. The van der Waals surface area contributed by atoms with E-state index in [1.165, 1.54) is 0 Å². The number of Topliss-reactive ketones (excluding diaryl/α,β-unsaturated/α-hetero) is 1. The second kappa shape index (κ2) is 8.54. The van der Waals surface area contributed by atoms with Crippen LogP contribution in [0, 0.1) is 22.0 Å². The van der Waals surface area contributed by atoms with E-state index >= 15 is 0 Å². The molecular weight excluding hydrogens is 416 g/mol. The van der Waals surface area contributed by atoms with Crippen LogP contribution < -0.4 is 4.90 Å². The number of non-ortho nitro benzene ring substituents is 1. The number of esters is 1. The second-order valence-corrected chi connectivity index (χ2v) is 7.49. The largest absolute Gasteiger partial charge is 0.454 e. The van der Waals surface area contributed by atoms with Gasteiger partial charge in [-0.1, -0.05) is 42.5 Å². The summed E-state index contributed by atoms with van der Waals surface area (Å²) in [6.07, 6.45) is 4.39. The first-order valence-corrected chi connectivity index (χ1v) is 9.95. The molecular formula is C23H18N2O7. The van der Waals surface area contributed by atoms with Crippen molar-refractivity contribution in [1.29, 1.82) is 0 Å². The van der Waals surface area contributed by atoms with E-state index in [1.54, 1.807) is 30.3 Å². The van der Waals surface area contributed by atoms with Gasteiger partial charge >= 0.3 is 5.97 Å². The monoisotopic (exact) mass is 434 g/mol. The molecule has 2 aromatic rings. The van der Waals surface area contributed by atoms with Crippen molar-refractivity contribution in [3.05, 3.63) is 81.9 Å². The number of nitro benzene ring substituents is 1. The fourth-order valence-corrected chi connectivity index (χ4v) is 3.95. The van der Waals surface area contributed by atoms with Gasteiger partial charge in [0.15, 0.2) is 12.4 Å². The van der Waals surface area contributed by atoms with Crippen LogP contribution >= 0.6 is 0 Å².